The molecule has 2 aliphatic rings. The van der Waals surface area contributed by atoms with Gasteiger partial charge in [0.05, 0.1) is 6.10 Å². The second-order valence-electron chi connectivity index (χ2n) is 5.69. The third-order valence-corrected chi connectivity index (χ3v) is 4.07. The number of likely N-dealkylation sites (N-methyl/N-ethyl adjacent to an activating group) is 1. The zero-order valence-corrected chi connectivity index (χ0v) is 11.3. The lowest BCUT2D eigenvalue weighted by atomic mass is 10.1. The Kier molecular flexibility index (Phi) is 5.75. The van der Waals surface area contributed by atoms with E-state index >= 15 is 0 Å². The van der Waals surface area contributed by atoms with Gasteiger partial charge in [-0.1, -0.05) is 12.8 Å². The van der Waals surface area contributed by atoms with Gasteiger partial charge in [-0.2, -0.15) is 0 Å². The van der Waals surface area contributed by atoms with Gasteiger partial charge >= 0.3 is 0 Å². The van der Waals surface area contributed by atoms with E-state index in [1.54, 1.807) is 0 Å². The largest absolute Gasteiger partial charge is 0.377 e. The summed E-state index contributed by atoms with van der Waals surface area (Å²) < 4.78 is 5.77. The second-order valence-corrected chi connectivity index (χ2v) is 5.69. The molecule has 0 aromatic heterocycles. The van der Waals surface area contributed by atoms with Gasteiger partial charge in [-0.05, 0) is 39.2 Å². The smallest absolute Gasteiger partial charge is 0.0701 e. The Morgan fingerprint density at radius 1 is 1.12 bits per heavy atom. The van der Waals surface area contributed by atoms with Crippen molar-refractivity contribution in [1.29, 1.82) is 0 Å². The summed E-state index contributed by atoms with van der Waals surface area (Å²) in [6.07, 6.45) is 9.95. The lowest BCUT2D eigenvalue weighted by molar-refractivity contribution is -0.00129. The molecule has 2 fully saturated rings. The molecule has 0 aromatic carbocycles. The average Bonchev–Trinajstić information content (AvgIpc) is 2.83. The van der Waals surface area contributed by atoms with Crippen LogP contribution in [0.15, 0.2) is 0 Å². The van der Waals surface area contributed by atoms with Gasteiger partial charge < -0.3 is 15.0 Å². The van der Waals surface area contributed by atoms with Crippen LogP contribution in [0, 0.1) is 0 Å². The molecule has 0 spiro atoms. The molecule has 3 nitrogen and oxygen atoms in total. The number of nitrogens with one attached hydrogen (secondary N) is 1. The first-order valence-corrected chi connectivity index (χ1v) is 7.38. The maximum atomic E-state index is 5.77. The van der Waals surface area contributed by atoms with Crippen LogP contribution in [0.5, 0.6) is 0 Å². The monoisotopic (exact) mass is 240 g/mol. The first-order chi connectivity index (χ1) is 8.34. The van der Waals surface area contributed by atoms with Crippen LogP contribution in [0.2, 0.25) is 0 Å². The van der Waals surface area contributed by atoms with Gasteiger partial charge in [0.15, 0.2) is 0 Å². The van der Waals surface area contributed by atoms with Crippen LogP contribution in [0.3, 0.4) is 0 Å². The van der Waals surface area contributed by atoms with Gasteiger partial charge in [-0.3, -0.25) is 0 Å². The number of hydrogen-bond acceptors (Lipinski definition) is 3. The first kappa shape index (κ1) is 13.3. The zero-order chi connectivity index (χ0) is 11.9. The second kappa shape index (κ2) is 7.34. The third-order valence-electron chi connectivity index (χ3n) is 4.07. The normalized spacial score (nSPS) is 26.8. The van der Waals surface area contributed by atoms with E-state index in [0.29, 0.717) is 6.10 Å². The molecular formula is C14H28N2O. The van der Waals surface area contributed by atoms with Gasteiger partial charge in [0.25, 0.3) is 0 Å². The van der Waals surface area contributed by atoms with Crippen molar-refractivity contribution in [3.63, 3.8) is 0 Å². The Balaban J connectivity index is 1.52. The summed E-state index contributed by atoms with van der Waals surface area (Å²) >= 11 is 0. The lowest BCUT2D eigenvalue weighted by Gasteiger charge is -2.27. The third kappa shape index (κ3) is 4.94. The quantitative estimate of drug-likeness (QED) is 0.769. The van der Waals surface area contributed by atoms with Gasteiger partial charge in [0.2, 0.25) is 0 Å². The Bertz CT molecular complexity index is 198. The first-order valence-electron chi connectivity index (χ1n) is 7.38. The van der Waals surface area contributed by atoms with E-state index in [4.69, 9.17) is 4.74 Å². The fourth-order valence-electron chi connectivity index (χ4n) is 2.98. The molecule has 0 radical (unpaired) electrons. The van der Waals surface area contributed by atoms with Crippen LogP contribution in [-0.4, -0.2) is 50.3 Å². The van der Waals surface area contributed by atoms with Crippen LogP contribution in [-0.2, 0) is 4.74 Å². The Morgan fingerprint density at radius 3 is 2.59 bits per heavy atom. The molecule has 1 aliphatic carbocycles. The van der Waals surface area contributed by atoms with E-state index in [-0.39, 0.29) is 0 Å². The van der Waals surface area contributed by atoms with E-state index in [1.807, 2.05) is 0 Å². The van der Waals surface area contributed by atoms with Crippen molar-refractivity contribution < 1.29 is 4.74 Å². The van der Waals surface area contributed by atoms with Crippen molar-refractivity contribution in [2.24, 2.45) is 0 Å². The molecule has 100 valence electrons. The number of ether oxygens (including phenoxy) is 1. The summed E-state index contributed by atoms with van der Waals surface area (Å²) in [5.74, 6) is 0. The number of hydrogen-bond donors (Lipinski definition) is 1. The minimum Gasteiger partial charge on any atom is -0.377 e. The number of nitrogens with zero attached hydrogens (tertiary/aromatic N) is 1. The molecule has 1 atom stereocenters. The minimum atomic E-state index is 0.486. The van der Waals surface area contributed by atoms with E-state index < -0.39 is 0 Å². The predicted molar refractivity (Wildman–Crippen MR) is 71.3 cm³/mol. The van der Waals surface area contributed by atoms with Crippen LogP contribution >= 0.6 is 0 Å². The summed E-state index contributed by atoms with van der Waals surface area (Å²) in [4.78, 5) is 2.41. The predicted octanol–water partition coefficient (Wildman–Crippen LogP) is 2.02. The summed E-state index contributed by atoms with van der Waals surface area (Å²) in [5.41, 5.74) is 0. The molecule has 3 heteroatoms. The maximum Gasteiger partial charge on any atom is 0.0701 e. The molecule has 0 amide bonds. The fraction of sp³-hybridized carbons (Fsp3) is 1.00. The highest BCUT2D eigenvalue weighted by atomic mass is 16.5. The standard InChI is InChI=1S/C14H28N2O/c1-16(12-14-8-4-5-11-17-14)10-9-15-13-6-2-3-7-13/h13-15H,2-12H2,1H3. The van der Waals surface area contributed by atoms with Crippen molar-refractivity contribution in [2.75, 3.05) is 33.3 Å². The molecule has 1 saturated heterocycles. The van der Waals surface area contributed by atoms with E-state index in [9.17, 15) is 0 Å². The fourth-order valence-corrected chi connectivity index (χ4v) is 2.98. The Hall–Kier alpha value is -0.120. The molecule has 17 heavy (non-hydrogen) atoms. The minimum absolute atomic E-state index is 0.486. The van der Waals surface area contributed by atoms with E-state index in [1.165, 1.54) is 44.9 Å². The van der Waals surface area contributed by atoms with Gasteiger partial charge in [0, 0.05) is 32.3 Å². The van der Waals surface area contributed by atoms with E-state index in [0.717, 1.165) is 32.3 Å². The highest BCUT2D eigenvalue weighted by Crippen LogP contribution is 2.17. The molecule has 1 heterocycles. The molecule has 1 aliphatic heterocycles. The summed E-state index contributed by atoms with van der Waals surface area (Å²) in [7, 11) is 2.22. The highest BCUT2D eigenvalue weighted by Gasteiger charge is 2.16. The van der Waals surface area contributed by atoms with Gasteiger partial charge in [0.1, 0.15) is 0 Å². The Labute approximate surface area is 106 Å². The summed E-state index contributed by atoms with van der Waals surface area (Å²) in [5, 5.41) is 3.67. The maximum absolute atomic E-state index is 5.77. The molecule has 0 aromatic rings. The van der Waals surface area contributed by atoms with Gasteiger partial charge in [-0.15, -0.1) is 0 Å². The van der Waals surface area contributed by atoms with Crippen molar-refractivity contribution >= 4 is 0 Å². The van der Waals surface area contributed by atoms with Crippen molar-refractivity contribution in [1.82, 2.24) is 10.2 Å². The van der Waals surface area contributed by atoms with E-state index in [2.05, 4.69) is 17.3 Å². The summed E-state index contributed by atoms with van der Waals surface area (Å²) in [6.45, 7) is 4.36. The Morgan fingerprint density at radius 2 is 1.88 bits per heavy atom. The molecule has 1 saturated carbocycles. The van der Waals surface area contributed by atoms with Crippen LogP contribution in [0.4, 0.5) is 0 Å². The van der Waals surface area contributed by atoms with Crippen LogP contribution < -0.4 is 5.32 Å². The lowest BCUT2D eigenvalue weighted by Crippen LogP contribution is -2.39. The molecular weight excluding hydrogens is 212 g/mol. The molecule has 1 N–H and O–H groups in total. The topological polar surface area (TPSA) is 24.5 Å². The SMILES string of the molecule is CN(CCNC1CCCC1)CC1CCCCO1. The van der Waals surface area contributed by atoms with Gasteiger partial charge in [-0.25, -0.2) is 0 Å². The van der Waals surface area contributed by atoms with Crippen molar-refractivity contribution in [2.45, 2.75) is 57.1 Å². The highest BCUT2D eigenvalue weighted by molar-refractivity contribution is 4.74. The average molecular weight is 240 g/mol. The van der Waals surface area contributed by atoms with Crippen LogP contribution in [0.25, 0.3) is 0 Å². The number of rotatable bonds is 6. The van der Waals surface area contributed by atoms with Crippen molar-refractivity contribution in [3.05, 3.63) is 0 Å². The molecule has 1 unspecified atom stereocenters. The summed E-state index contributed by atoms with van der Waals surface area (Å²) in [6, 6.07) is 0.800. The van der Waals surface area contributed by atoms with Crippen molar-refractivity contribution in [3.8, 4) is 0 Å². The molecule has 2 rings (SSSR count). The molecule has 0 bridgehead atoms. The zero-order valence-electron chi connectivity index (χ0n) is 11.3. The van der Waals surface area contributed by atoms with Crippen LogP contribution in [0.1, 0.15) is 44.9 Å².